The summed E-state index contributed by atoms with van der Waals surface area (Å²) >= 11 is 8.40. The van der Waals surface area contributed by atoms with Gasteiger partial charge in [-0.2, -0.15) is 0 Å². The molecule has 1 atom stereocenters. The van der Waals surface area contributed by atoms with E-state index in [2.05, 4.69) is 62.6 Å². The van der Waals surface area contributed by atoms with Crippen LogP contribution in [0.3, 0.4) is 0 Å². The molecule has 0 radical (unpaired) electrons. The van der Waals surface area contributed by atoms with Gasteiger partial charge in [-0.3, -0.25) is 0 Å². The van der Waals surface area contributed by atoms with Crippen molar-refractivity contribution in [2.45, 2.75) is 37.0 Å². The van der Waals surface area contributed by atoms with Crippen molar-refractivity contribution in [2.24, 2.45) is 0 Å². The van der Waals surface area contributed by atoms with E-state index in [0.29, 0.717) is 0 Å². The Morgan fingerprint density at radius 2 is 1.50 bits per heavy atom. The molecule has 1 unspecified atom stereocenters. The smallest absolute Gasteiger partial charge is 0.0835 e. The van der Waals surface area contributed by atoms with E-state index in [-0.39, 0.29) is 5.38 Å². The molecule has 2 heteroatoms. The number of thioether (sulfide) groups is 1. The second kappa shape index (κ2) is 7.19. The van der Waals surface area contributed by atoms with Gasteiger partial charge < -0.3 is 0 Å². The monoisotopic (exact) mass is 304 g/mol. The van der Waals surface area contributed by atoms with Gasteiger partial charge in [-0.05, 0) is 53.5 Å². The lowest BCUT2D eigenvalue weighted by Gasteiger charge is -2.14. The van der Waals surface area contributed by atoms with Gasteiger partial charge in [-0.25, -0.2) is 0 Å². The molecule has 2 aromatic rings. The Hall–Kier alpha value is -0.920. The van der Waals surface area contributed by atoms with Crippen LogP contribution < -0.4 is 0 Å². The van der Waals surface area contributed by atoms with E-state index < -0.39 is 0 Å². The highest BCUT2D eigenvalue weighted by molar-refractivity contribution is 7.98. The topological polar surface area (TPSA) is 0 Å². The van der Waals surface area contributed by atoms with Gasteiger partial charge in [0.1, 0.15) is 0 Å². The zero-order valence-electron chi connectivity index (χ0n) is 12.3. The molecule has 0 heterocycles. The number of benzene rings is 2. The lowest BCUT2D eigenvalue weighted by atomic mass is 9.96. The third-order valence-electron chi connectivity index (χ3n) is 3.69. The van der Waals surface area contributed by atoms with Crippen molar-refractivity contribution in [3.05, 3.63) is 64.7 Å². The van der Waals surface area contributed by atoms with E-state index in [1.807, 2.05) is 0 Å². The van der Waals surface area contributed by atoms with Gasteiger partial charge >= 0.3 is 0 Å². The van der Waals surface area contributed by atoms with Gasteiger partial charge in [0.15, 0.2) is 0 Å². The highest BCUT2D eigenvalue weighted by Crippen LogP contribution is 2.31. The molecule has 106 valence electrons. The Morgan fingerprint density at radius 3 is 2.05 bits per heavy atom. The maximum Gasteiger partial charge on any atom is 0.0835 e. The Labute approximate surface area is 131 Å². The molecule has 0 fully saturated rings. The Kier molecular flexibility index (Phi) is 5.56. The van der Waals surface area contributed by atoms with Crippen LogP contribution >= 0.6 is 23.4 Å². The zero-order valence-corrected chi connectivity index (χ0v) is 13.9. The van der Waals surface area contributed by atoms with Crippen molar-refractivity contribution in [3.63, 3.8) is 0 Å². The largest absolute Gasteiger partial charge is 0.130 e. The van der Waals surface area contributed by atoms with Crippen LogP contribution in [-0.2, 0) is 12.8 Å². The SMILES string of the molecule is CCc1ccc(C(Cl)c2ccc(SC)cc2)cc1CC. The number of rotatable bonds is 5. The predicted molar refractivity (Wildman–Crippen MR) is 91.1 cm³/mol. The third kappa shape index (κ3) is 3.39. The molecular weight excluding hydrogens is 284 g/mol. The first kappa shape index (κ1) is 15.5. The Bertz CT molecular complexity index is 560. The van der Waals surface area contributed by atoms with Gasteiger partial charge in [0.25, 0.3) is 0 Å². The fourth-order valence-corrected chi connectivity index (χ4v) is 3.13. The van der Waals surface area contributed by atoms with Gasteiger partial charge in [0, 0.05) is 4.90 Å². The molecule has 0 spiro atoms. The van der Waals surface area contributed by atoms with E-state index in [9.17, 15) is 0 Å². The highest BCUT2D eigenvalue weighted by atomic mass is 35.5. The summed E-state index contributed by atoms with van der Waals surface area (Å²) in [6.45, 7) is 4.41. The highest BCUT2D eigenvalue weighted by Gasteiger charge is 2.12. The Morgan fingerprint density at radius 1 is 0.900 bits per heavy atom. The molecule has 0 saturated heterocycles. The zero-order chi connectivity index (χ0) is 14.5. The van der Waals surface area contributed by atoms with Crippen molar-refractivity contribution in [3.8, 4) is 0 Å². The number of alkyl halides is 1. The van der Waals surface area contributed by atoms with Crippen LogP contribution in [0.5, 0.6) is 0 Å². The van der Waals surface area contributed by atoms with Crippen LogP contribution in [0, 0.1) is 0 Å². The van der Waals surface area contributed by atoms with E-state index in [1.54, 1.807) is 11.8 Å². The van der Waals surface area contributed by atoms with Crippen molar-refractivity contribution in [1.82, 2.24) is 0 Å². The summed E-state index contributed by atoms with van der Waals surface area (Å²) in [5.74, 6) is 0. The van der Waals surface area contributed by atoms with Crippen molar-refractivity contribution in [1.29, 1.82) is 0 Å². The molecule has 0 aromatic heterocycles. The molecule has 0 aliphatic carbocycles. The second-order valence-corrected chi connectivity index (χ2v) is 6.19. The number of hydrogen-bond acceptors (Lipinski definition) is 1. The van der Waals surface area contributed by atoms with E-state index in [0.717, 1.165) is 18.4 Å². The third-order valence-corrected chi connectivity index (χ3v) is 4.94. The van der Waals surface area contributed by atoms with E-state index in [4.69, 9.17) is 11.6 Å². The fourth-order valence-electron chi connectivity index (χ4n) is 2.44. The molecule has 2 rings (SSSR count). The lowest BCUT2D eigenvalue weighted by Crippen LogP contribution is -1.98. The first-order valence-electron chi connectivity index (χ1n) is 7.09. The molecule has 0 N–H and O–H groups in total. The number of halogens is 1. The molecule has 0 bridgehead atoms. The molecule has 0 saturated carbocycles. The lowest BCUT2D eigenvalue weighted by molar-refractivity contribution is 1.02. The van der Waals surface area contributed by atoms with Gasteiger partial charge in [0.2, 0.25) is 0 Å². The standard InChI is InChI=1S/C18H21ClS/c1-4-13-6-7-16(12-14(13)5-2)18(19)15-8-10-17(20-3)11-9-15/h6-12,18H,4-5H2,1-3H3. The molecule has 0 nitrogen and oxygen atoms in total. The van der Waals surface area contributed by atoms with Crippen LogP contribution in [0.4, 0.5) is 0 Å². The summed E-state index contributed by atoms with van der Waals surface area (Å²) in [6, 6.07) is 15.2. The minimum absolute atomic E-state index is 0.0675. The molecule has 0 amide bonds. The maximum absolute atomic E-state index is 6.64. The van der Waals surface area contributed by atoms with Crippen molar-refractivity contribution >= 4 is 23.4 Å². The minimum Gasteiger partial charge on any atom is -0.130 e. The van der Waals surface area contributed by atoms with Gasteiger partial charge in [-0.1, -0.05) is 44.2 Å². The normalized spacial score (nSPS) is 12.4. The fraction of sp³-hybridized carbons (Fsp3) is 0.333. The average molecular weight is 305 g/mol. The van der Waals surface area contributed by atoms with E-state index >= 15 is 0 Å². The summed E-state index contributed by atoms with van der Waals surface area (Å²) < 4.78 is 0. The molecule has 0 aliphatic heterocycles. The number of hydrogen-bond donors (Lipinski definition) is 0. The molecule has 20 heavy (non-hydrogen) atoms. The van der Waals surface area contributed by atoms with Crippen LogP contribution in [-0.4, -0.2) is 6.26 Å². The average Bonchev–Trinajstić information content (AvgIpc) is 2.53. The number of aryl methyl sites for hydroxylation is 2. The molecular formula is C18H21ClS. The summed E-state index contributed by atoms with van der Waals surface area (Å²) in [5.41, 5.74) is 5.20. The minimum atomic E-state index is -0.0675. The van der Waals surface area contributed by atoms with Gasteiger partial charge in [-0.15, -0.1) is 23.4 Å². The van der Waals surface area contributed by atoms with Crippen LogP contribution in [0.1, 0.15) is 41.5 Å². The predicted octanol–water partition coefficient (Wildman–Crippen LogP) is 5.86. The van der Waals surface area contributed by atoms with Crippen LogP contribution in [0.15, 0.2) is 47.4 Å². The summed E-state index contributed by atoms with van der Waals surface area (Å²) in [7, 11) is 0. The van der Waals surface area contributed by atoms with Gasteiger partial charge in [0.05, 0.1) is 5.38 Å². The Balaban J connectivity index is 2.29. The van der Waals surface area contributed by atoms with E-state index in [1.165, 1.54) is 21.6 Å². The first-order chi connectivity index (χ1) is 9.69. The summed E-state index contributed by atoms with van der Waals surface area (Å²) in [4.78, 5) is 1.27. The van der Waals surface area contributed by atoms with Crippen molar-refractivity contribution < 1.29 is 0 Å². The summed E-state index contributed by atoms with van der Waals surface area (Å²) in [5, 5.41) is -0.0675. The molecule has 2 aromatic carbocycles. The maximum atomic E-state index is 6.64. The van der Waals surface area contributed by atoms with Crippen LogP contribution in [0.2, 0.25) is 0 Å². The first-order valence-corrected chi connectivity index (χ1v) is 8.75. The summed E-state index contributed by atoms with van der Waals surface area (Å²) in [6.07, 6.45) is 4.23. The quantitative estimate of drug-likeness (QED) is 0.492. The molecule has 0 aliphatic rings. The van der Waals surface area contributed by atoms with Crippen molar-refractivity contribution in [2.75, 3.05) is 6.26 Å². The van der Waals surface area contributed by atoms with Crippen LogP contribution in [0.25, 0.3) is 0 Å². The second-order valence-electron chi connectivity index (χ2n) is 4.87.